The number of thioether (sulfide) groups is 1. The van der Waals surface area contributed by atoms with Gasteiger partial charge >= 0.3 is 0 Å². The molecule has 0 aromatic heterocycles. The van der Waals surface area contributed by atoms with E-state index >= 15 is 0 Å². The quantitative estimate of drug-likeness (QED) is 0.408. The van der Waals surface area contributed by atoms with Crippen molar-refractivity contribution in [1.82, 2.24) is 9.62 Å². The maximum atomic E-state index is 12.8. The zero-order chi connectivity index (χ0) is 23.0. The SMILES string of the molecule is C=CCNS(=O)(=O)Cc1ccc(NC(=O)c2ccccc2SCC(=O)N2CCCC2)cc1. The van der Waals surface area contributed by atoms with E-state index in [0.717, 1.165) is 30.8 Å². The van der Waals surface area contributed by atoms with Crippen molar-refractivity contribution in [3.8, 4) is 0 Å². The van der Waals surface area contributed by atoms with Crippen molar-refractivity contribution >= 4 is 39.3 Å². The number of carbonyl (C=O) groups is 2. The van der Waals surface area contributed by atoms with Crippen molar-refractivity contribution in [2.75, 3.05) is 30.7 Å². The van der Waals surface area contributed by atoms with Crippen molar-refractivity contribution in [3.63, 3.8) is 0 Å². The Hall–Kier alpha value is -2.62. The van der Waals surface area contributed by atoms with Gasteiger partial charge in [-0.2, -0.15) is 0 Å². The zero-order valence-electron chi connectivity index (χ0n) is 17.7. The van der Waals surface area contributed by atoms with Crippen LogP contribution in [0.15, 0.2) is 66.1 Å². The molecule has 1 saturated heterocycles. The molecule has 2 amide bonds. The molecule has 0 spiro atoms. The number of amides is 2. The van der Waals surface area contributed by atoms with Crippen LogP contribution in [0.5, 0.6) is 0 Å². The highest BCUT2D eigenvalue weighted by Crippen LogP contribution is 2.25. The first kappa shape index (κ1) is 24.0. The van der Waals surface area contributed by atoms with Crippen LogP contribution in [0.2, 0.25) is 0 Å². The number of nitrogens with one attached hydrogen (secondary N) is 2. The lowest BCUT2D eigenvalue weighted by Gasteiger charge is -2.15. The molecule has 2 aromatic carbocycles. The van der Waals surface area contributed by atoms with Gasteiger partial charge in [-0.25, -0.2) is 13.1 Å². The summed E-state index contributed by atoms with van der Waals surface area (Å²) >= 11 is 1.36. The second-order valence-electron chi connectivity index (χ2n) is 7.42. The molecular weight excluding hydrogens is 446 g/mol. The number of likely N-dealkylation sites (tertiary alicyclic amines) is 1. The van der Waals surface area contributed by atoms with E-state index in [2.05, 4.69) is 16.6 Å². The second-order valence-corrected chi connectivity index (χ2v) is 10.2. The van der Waals surface area contributed by atoms with Gasteiger partial charge in [0.15, 0.2) is 0 Å². The number of benzene rings is 2. The van der Waals surface area contributed by atoms with E-state index in [4.69, 9.17) is 0 Å². The summed E-state index contributed by atoms with van der Waals surface area (Å²) in [6.07, 6.45) is 3.57. The molecule has 0 bridgehead atoms. The van der Waals surface area contributed by atoms with Crippen LogP contribution < -0.4 is 10.0 Å². The molecule has 0 aliphatic carbocycles. The molecule has 7 nitrogen and oxygen atoms in total. The molecular formula is C23H27N3O4S2. The molecule has 1 aliphatic rings. The number of hydrogen-bond donors (Lipinski definition) is 2. The summed E-state index contributed by atoms with van der Waals surface area (Å²) in [6, 6.07) is 13.9. The molecule has 0 unspecified atom stereocenters. The maximum absolute atomic E-state index is 12.8. The van der Waals surface area contributed by atoms with Gasteiger partial charge in [-0.05, 0) is 42.7 Å². The lowest BCUT2D eigenvalue weighted by molar-refractivity contribution is -0.127. The highest BCUT2D eigenvalue weighted by atomic mass is 32.2. The van der Waals surface area contributed by atoms with Crippen molar-refractivity contribution in [1.29, 1.82) is 0 Å². The average molecular weight is 474 g/mol. The first-order chi connectivity index (χ1) is 15.4. The largest absolute Gasteiger partial charge is 0.342 e. The van der Waals surface area contributed by atoms with Crippen LogP contribution in [0.25, 0.3) is 0 Å². The number of carbonyl (C=O) groups excluding carboxylic acids is 2. The summed E-state index contributed by atoms with van der Waals surface area (Å²) in [4.78, 5) is 27.8. The third kappa shape index (κ3) is 6.94. The molecule has 2 N–H and O–H groups in total. The smallest absolute Gasteiger partial charge is 0.256 e. The predicted molar refractivity (Wildman–Crippen MR) is 128 cm³/mol. The summed E-state index contributed by atoms with van der Waals surface area (Å²) < 4.78 is 26.4. The van der Waals surface area contributed by atoms with Gasteiger partial charge in [0.2, 0.25) is 15.9 Å². The number of sulfonamides is 1. The minimum Gasteiger partial charge on any atom is -0.342 e. The number of anilines is 1. The highest BCUT2D eigenvalue weighted by molar-refractivity contribution is 8.00. The normalized spacial score (nSPS) is 13.7. The van der Waals surface area contributed by atoms with Crippen LogP contribution in [0.1, 0.15) is 28.8 Å². The average Bonchev–Trinajstić information content (AvgIpc) is 3.32. The minimum atomic E-state index is -3.44. The fourth-order valence-electron chi connectivity index (χ4n) is 3.32. The molecule has 0 atom stereocenters. The van der Waals surface area contributed by atoms with Crippen molar-refractivity contribution in [3.05, 3.63) is 72.3 Å². The Balaban J connectivity index is 1.61. The summed E-state index contributed by atoms with van der Waals surface area (Å²) in [5, 5.41) is 2.84. The minimum absolute atomic E-state index is 0.0934. The molecule has 3 rings (SSSR count). The van der Waals surface area contributed by atoms with Gasteiger partial charge in [0.05, 0.1) is 17.1 Å². The number of hydrogen-bond acceptors (Lipinski definition) is 5. The van der Waals surface area contributed by atoms with Crippen LogP contribution in [-0.2, 0) is 20.6 Å². The predicted octanol–water partition coefficient (Wildman–Crippen LogP) is 3.26. The van der Waals surface area contributed by atoms with Gasteiger partial charge in [0, 0.05) is 30.2 Å². The molecule has 2 aromatic rings. The first-order valence-electron chi connectivity index (χ1n) is 10.4. The standard InChI is InChI=1S/C23H27N3O4S2/c1-2-13-24-32(29,30)17-18-9-11-19(12-10-18)25-23(28)20-7-3-4-8-21(20)31-16-22(27)26-14-5-6-15-26/h2-4,7-12,24H,1,5-6,13-17H2,(H,25,28). The summed E-state index contributed by atoms with van der Waals surface area (Å²) in [6.45, 7) is 5.29. The van der Waals surface area contributed by atoms with E-state index in [1.54, 1.807) is 36.4 Å². The number of nitrogens with zero attached hydrogens (tertiary/aromatic N) is 1. The van der Waals surface area contributed by atoms with E-state index in [-0.39, 0.29) is 24.1 Å². The summed E-state index contributed by atoms with van der Waals surface area (Å²) in [7, 11) is -3.44. The summed E-state index contributed by atoms with van der Waals surface area (Å²) in [5.41, 5.74) is 1.66. The van der Waals surface area contributed by atoms with Crippen LogP contribution in [0, 0.1) is 0 Å². The van der Waals surface area contributed by atoms with Crippen molar-refractivity contribution < 1.29 is 18.0 Å². The van der Waals surface area contributed by atoms with E-state index in [1.807, 2.05) is 17.0 Å². The molecule has 0 radical (unpaired) electrons. The maximum Gasteiger partial charge on any atom is 0.256 e. The molecule has 1 aliphatic heterocycles. The second kappa shape index (κ2) is 11.3. The van der Waals surface area contributed by atoms with Gasteiger partial charge in [-0.15, -0.1) is 18.3 Å². The summed E-state index contributed by atoms with van der Waals surface area (Å²) in [5.74, 6) is -0.0435. The third-order valence-electron chi connectivity index (χ3n) is 4.96. The highest BCUT2D eigenvalue weighted by Gasteiger charge is 2.19. The van der Waals surface area contributed by atoms with Crippen molar-refractivity contribution in [2.24, 2.45) is 0 Å². The van der Waals surface area contributed by atoms with Gasteiger partial charge in [0.1, 0.15) is 0 Å². The fourth-order valence-corrected chi connectivity index (χ4v) is 5.37. The van der Waals surface area contributed by atoms with E-state index in [0.29, 0.717) is 22.6 Å². The lowest BCUT2D eigenvalue weighted by atomic mass is 10.2. The fraction of sp³-hybridized carbons (Fsp3) is 0.304. The van der Waals surface area contributed by atoms with Crippen LogP contribution >= 0.6 is 11.8 Å². The van der Waals surface area contributed by atoms with E-state index < -0.39 is 10.0 Å². The van der Waals surface area contributed by atoms with Crippen LogP contribution in [-0.4, -0.2) is 50.5 Å². The van der Waals surface area contributed by atoms with Gasteiger partial charge in [0.25, 0.3) is 5.91 Å². The molecule has 9 heteroatoms. The van der Waals surface area contributed by atoms with E-state index in [9.17, 15) is 18.0 Å². The first-order valence-corrected chi connectivity index (χ1v) is 13.0. The molecule has 170 valence electrons. The Morgan fingerprint density at radius 2 is 1.75 bits per heavy atom. The number of rotatable bonds is 10. The Morgan fingerprint density at radius 3 is 2.44 bits per heavy atom. The van der Waals surface area contributed by atoms with E-state index in [1.165, 1.54) is 17.8 Å². The van der Waals surface area contributed by atoms with Crippen LogP contribution in [0.3, 0.4) is 0 Å². The molecule has 0 saturated carbocycles. The Labute approximate surface area is 193 Å². The molecule has 32 heavy (non-hydrogen) atoms. The zero-order valence-corrected chi connectivity index (χ0v) is 19.4. The molecule has 1 heterocycles. The molecule has 1 fully saturated rings. The Morgan fingerprint density at radius 1 is 1.06 bits per heavy atom. The Kier molecular flexibility index (Phi) is 8.49. The van der Waals surface area contributed by atoms with Crippen molar-refractivity contribution in [2.45, 2.75) is 23.5 Å². The van der Waals surface area contributed by atoms with Gasteiger partial charge in [-0.1, -0.05) is 30.3 Å². The topological polar surface area (TPSA) is 95.6 Å². The van der Waals surface area contributed by atoms with Gasteiger partial charge < -0.3 is 10.2 Å². The monoisotopic (exact) mass is 473 g/mol. The third-order valence-corrected chi connectivity index (χ3v) is 7.34. The Bertz CT molecular complexity index is 1060. The lowest BCUT2D eigenvalue weighted by Crippen LogP contribution is -2.29. The van der Waals surface area contributed by atoms with Crippen LogP contribution in [0.4, 0.5) is 5.69 Å². The van der Waals surface area contributed by atoms with Gasteiger partial charge in [-0.3, -0.25) is 9.59 Å².